The summed E-state index contributed by atoms with van der Waals surface area (Å²) >= 11 is 1.50. The molecular weight excluding hydrogens is 398 g/mol. The number of para-hydroxylation sites is 2. The zero-order valence-electron chi connectivity index (χ0n) is 17.4. The average Bonchev–Trinajstić information content (AvgIpc) is 3.35. The summed E-state index contributed by atoms with van der Waals surface area (Å²) < 4.78 is 13.0. The molecule has 1 unspecified atom stereocenters. The lowest BCUT2D eigenvalue weighted by Crippen LogP contribution is -2.23. The van der Waals surface area contributed by atoms with Crippen LogP contribution in [0.25, 0.3) is 11.0 Å². The highest BCUT2D eigenvalue weighted by Crippen LogP contribution is 2.35. The Labute approximate surface area is 181 Å². The summed E-state index contributed by atoms with van der Waals surface area (Å²) in [4.78, 5) is 17.6. The van der Waals surface area contributed by atoms with E-state index in [1.54, 1.807) is 6.07 Å². The van der Waals surface area contributed by atoms with Crippen LogP contribution in [0.3, 0.4) is 0 Å². The number of nitrogens with zero attached hydrogens (tertiary/aromatic N) is 2. The molecule has 0 fully saturated rings. The first-order valence-electron chi connectivity index (χ1n) is 10.5. The molecule has 30 heavy (non-hydrogen) atoms. The number of thioether (sulfide) groups is 1. The number of benzene rings is 2. The van der Waals surface area contributed by atoms with Gasteiger partial charge in [0.15, 0.2) is 16.7 Å². The fourth-order valence-corrected chi connectivity index (χ4v) is 4.44. The predicted octanol–water partition coefficient (Wildman–Crippen LogP) is 5.46. The van der Waals surface area contributed by atoms with Crippen molar-refractivity contribution in [2.75, 3.05) is 12.1 Å². The smallest absolute Gasteiger partial charge is 0.237 e. The van der Waals surface area contributed by atoms with Crippen LogP contribution >= 0.6 is 11.8 Å². The number of rotatable bonds is 9. The molecule has 2 heterocycles. The summed E-state index contributed by atoms with van der Waals surface area (Å²) in [5.41, 5.74) is 2.79. The summed E-state index contributed by atoms with van der Waals surface area (Å²) in [6, 6.07) is 13.6. The Morgan fingerprint density at radius 1 is 1.17 bits per heavy atom. The van der Waals surface area contributed by atoms with Crippen molar-refractivity contribution in [1.29, 1.82) is 0 Å². The average molecular weight is 426 g/mol. The number of aromatic nitrogens is 2. The number of carbonyl (C=O) groups is 1. The van der Waals surface area contributed by atoms with Crippen molar-refractivity contribution in [2.24, 2.45) is 0 Å². The number of nitrogens with one attached hydrogen (secondary N) is 1. The highest BCUT2D eigenvalue weighted by molar-refractivity contribution is 8.00. The van der Waals surface area contributed by atoms with Gasteiger partial charge in [0, 0.05) is 18.3 Å². The van der Waals surface area contributed by atoms with Crippen molar-refractivity contribution >= 4 is 34.4 Å². The minimum absolute atomic E-state index is 0.0662. The number of amides is 1. The number of ether oxygens (including phenoxy) is 2. The van der Waals surface area contributed by atoms with Gasteiger partial charge in [-0.2, -0.15) is 0 Å². The maximum atomic E-state index is 12.8. The number of aryl methyl sites for hydroxylation is 1. The molecule has 1 N–H and O–H groups in total. The molecule has 1 aromatic heterocycles. The van der Waals surface area contributed by atoms with Gasteiger partial charge < -0.3 is 19.4 Å². The van der Waals surface area contributed by atoms with E-state index in [0.717, 1.165) is 29.2 Å². The van der Waals surface area contributed by atoms with E-state index in [2.05, 4.69) is 22.9 Å². The van der Waals surface area contributed by atoms with Gasteiger partial charge in [0.25, 0.3) is 0 Å². The van der Waals surface area contributed by atoms with Gasteiger partial charge in [-0.05, 0) is 37.6 Å². The molecule has 1 aliphatic rings. The topological polar surface area (TPSA) is 65.4 Å². The van der Waals surface area contributed by atoms with Gasteiger partial charge in [0.05, 0.1) is 16.3 Å². The second kappa shape index (κ2) is 9.43. The van der Waals surface area contributed by atoms with Crippen LogP contribution in [0.2, 0.25) is 0 Å². The van der Waals surface area contributed by atoms with E-state index in [-0.39, 0.29) is 18.0 Å². The maximum Gasteiger partial charge on any atom is 0.237 e. The molecule has 0 saturated carbocycles. The molecule has 0 bridgehead atoms. The molecule has 7 heteroatoms. The van der Waals surface area contributed by atoms with Gasteiger partial charge in [0.2, 0.25) is 12.7 Å². The largest absolute Gasteiger partial charge is 0.454 e. The van der Waals surface area contributed by atoms with Gasteiger partial charge >= 0.3 is 0 Å². The van der Waals surface area contributed by atoms with Gasteiger partial charge in [-0.1, -0.05) is 50.1 Å². The lowest BCUT2D eigenvalue weighted by Gasteiger charge is -2.14. The van der Waals surface area contributed by atoms with E-state index in [0.29, 0.717) is 17.2 Å². The number of imidazole rings is 1. The second-order valence-corrected chi connectivity index (χ2v) is 8.72. The molecule has 1 amide bonds. The third-order valence-electron chi connectivity index (χ3n) is 5.15. The second-order valence-electron chi connectivity index (χ2n) is 7.41. The Morgan fingerprint density at radius 2 is 2.00 bits per heavy atom. The number of fused-ring (bicyclic) bond motifs is 2. The molecular formula is C23H27N3O3S. The molecule has 0 saturated heterocycles. The minimum Gasteiger partial charge on any atom is -0.454 e. The van der Waals surface area contributed by atoms with E-state index in [1.165, 1.54) is 31.0 Å². The number of hydrogen-bond donors (Lipinski definition) is 1. The summed E-state index contributed by atoms with van der Waals surface area (Å²) in [6.45, 7) is 5.26. The third-order valence-corrected chi connectivity index (χ3v) is 6.24. The molecule has 0 aliphatic carbocycles. The van der Waals surface area contributed by atoms with Crippen LogP contribution in [0.15, 0.2) is 47.6 Å². The van der Waals surface area contributed by atoms with Crippen molar-refractivity contribution in [1.82, 2.24) is 9.55 Å². The lowest BCUT2D eigenvalue weighted by molar-refractivity contribution is -0.115. The van der Waals surface area contributed by atoms with Gasteiger partial charge in [-0.15, -0.1) is 0 Å². The first-order valence-corrected chi connectivity index (χ1v) is 11.4. The van der Waals surface area contributed by atoms with Crippen molar-refractivity contribution in [3.8, 4) is 11.5 Å². The molecule has 158 valence electrons. The van der Waals surface area contributed by atoms with Crippen LogP contribution in [-0.4, -0.2) is 27.5 Å². The molecule has 1 aliphatic heterocycles. The van der Waals surface area contributed by atoms with E-state index >= 15 is 0 Å². The van der Waals surface area contributed by atoms with Crippen molar-refractivity contribution in [3.05, 3.63) is 42.5 Å². The monoisotopic (exact) mass is 425 g/mol. The maximum absolute atomic E-state index is 12.8. The number of anilines is 1. The van der Waals surface area contributed by atoms with Gasteiger partial charge in [0.1, 0.15) is 0 Å². The Morgan fingerprint density at radius 3 is 2.87 bits per heavy atom. The molecule has 0 radical (unpaired) electrons. The molecule has 4 rings (SSSR count). The van der Waals surface area contributed by atoms with Crippen LogP contribution in [0, 0.1) is 0 Å². The van der Waals surface area contributed by atoms with Crippen LogP contribution in [0.5, 0.6) is 11.5 Å². The highest BCUT2D eigenvalue weighted by Gasteiger charge is 2.21. The van der Waals surface area contributed by atoms with Gasteiger partial charge in [-0.25, -0.2) is 4.98 Å². The van der Waals surface area contributed by atoms with Gasteiger partial charge in [-0.3, -0.25) is 4.79 Å². The minimum atomic E-state index is -0.290. The first kappa shape index (κ1) is 20.6. The fraction of sp³-hybridized carbons (Fsp3) is 0.391. The summed E-state index contributed by atoms with van der Waals surface area (Å²) in [7, 11) is 0. The van der Waals surface area contributed by atoms with Crippen LogP contribution < -0.4 is 14.8 Å². The third kappa shape index (κ3) is 4.56. The van der Waals surface area contributed by atoms with E-state index in [9.17, 15) is 4.79 Å². The zero-order chi connectivity index (χ0) is 20.9. The summed E-state index contributed by atoms with van der Waals surface area (Å²) in [5, 5.41) is 3.57. The van der Waals surface area contributed by atoms with Crippen LogP contribution in [0.4, 0.5) is 5.69 Å². The Hall–Kier alpha value is -2.67. The fourth-order valence-electron chi connectivity index (χ4n) is 3.49. The normalized spacial score (nSPS) is 13.5. The lowest BCUT2D eigenvalue weighted by atomic mass is 10.2. The summed E-state index contributed by atoms with van der Waals surface area (Å²) in [6.07, 6.45) is 4.76. The number of carbonyl (C=O) groups excluding carboxylic acids is 1. The number of unbranched alkanes of at least 4 members (excludes halogenated alkanes) is 3. The first-order chi connectivity index (χ1) is 14.7. The molecule has 1 atom stereocenters. The van der Waals surface area contributed by atoms with Crippen molar-refractivity contribution in [2.45, 2.75) is 56.5 Å². The molecule has 3 aromatic rings. The highest BCUT2D eigenvalue weighted by atomic mass is 32.2. The van der Waals surface area contributed by atoms with E-state index in [4.69, 9.17) is 14.5 Å². The van der Waals surface area contributed by atoms with Crippen LogP contribution in [-0.2, 0) is 11.3 Å². The Bertz CT molecular complexity index is 1030. The Kier molecular flexibility index (Phi) is 6.47. The van der Waals surface area contributed by atoms with Crippen molar-refractivity contribution in [3.63, 3.8) is 0 Å². The van der Waals surface area contributed by atoms with E-state index in [1.807, 2.05) is 37.3 Å². The molecule has 2 aromatic carbocycles. The van der Waals surface area contributed by atoms with E-state index < -0.39 is 0 Å². The molecule has 0 spiro atoms. The summed E-state index contributed by atoms with van der Waals surface area (Å²) in [5.74, 6) is 1.29. The molecule has 6 nitrogen and oxygen atoms in total. The standard InChI is InChI=1S/C23H27N3O3S/c1-3-4-5-8-13-26-19-10-7-6-9-18(19)25-23(26)30-16(2)22(27)24-17-11-12-20-21(14-17)29-15-28-20/h6-7,9-12,14,16H,3-5,8,13,15H2,1-2H3,(H,24,27). The van der Waals surface area contributed by atoms with Crippen molar-refractivity contribution < 1.29 is 14.3 Å². The Balaban J connectivity index is 1.46. The number of hydrogen-bond acceptors (Lipinski definition) is 5. The SMILES string of the molecule is CCCCCCn1c(SC(C)C(=O)Nc2ccc3c(c2)OCO3)nc2ccccc21. The zero-order valence-corrected chi connectivity index (χ0v) is 18.2. The predicted molar refractivity (Wildman–Crippen MR) is 120 cm³/mol. The quantitative estimate of drug-likeness (QED) is 0.364. The van der Waals surface area contributed by atoms with Crippen LogP contribution in [0.1, 0.15) is 39.5 Å².